The van der Waals surface area contributed by atoms with E-state index in [1.165, 1.54) is 12.2 Å². The summed E-state index contributed by atoms with van der Waals surface area (Å²) in [4.78, 5) is 42.6. The molecular formula is C40H56O10. The van der Waals surface area contributed by atoms with Crippen molar-refractivity contribution in [3.63, 3.8) is 0 Å². The fourth-order valence-electron chi connectivity index (χ4n) is 4.82. The third-order valence-electron chi connectivity index (χ3n) is 7.68. The van der Waals surface area contributed by atoms with Crippen LogP contribution in [0, 0.1) is 5.92 Å². The third-order valence-corrected chi connectivity index (χ3v) is 7.68. The smallest absolute Gasteiger partial charge is 0.343 e. The summed E-state index contributed by atoms with van der Waals surface area (Å²) in [5, 5.41) is 0. The highest BCUT2D eigenvalue weighted by atomic mass is 16.5. The van der Waals surface area contributed by atoms with Crippen molar-refractivity contribution in [1.29, 1.82) is 0 Å². The minimum Gasteiger partial charge on any atom is -0.497 e. The van der Waals surface area contributed by atoms with Crippen molar-refractivity contribution in [1.82, 2.24) is 0 Å². The van der Waals surface area contributed by atoms with Crippen LogP contribution in [0.2, 0.25) is 0 Å². The van der Waals surface area contributed by atoms with Gasteiger partial charge >= 0.3 is 11.9 Å². The van der Waals surface area contributed by atoms with Gasteiger partial charge in [-0.15, -0.1) is 0 Å². The maximum atomic E-state index is 12.2. The van der Waals surface area contributed by atoms with Crippen LogP contribution in [-0.4, -0.2) is 71.3 Å². The Balaban J connectivity index is 0.000000464. The maximum absolute atomic E-state index is 12.2. The zero-order valence-electron chi connectivity index (χ0n) is 29.9. The van der Waals surface area contributed by atoms with Crippen LogP contribution in [-0.2, 0) is 28.6 Å². The van der Waals surface area contributed by atoms with Crippen LogP contribution in [0.15, 0.2) is 73.8 Å². The monoisotopic (exact) mass is 696 g/mol. The summed E-state index contributed by atoms with van der Waals surface area (Å²) in [5.41, 5.74) is 0.479. The second-order valence-corrected chi connectivity index (χ2v) is 11.5. The second kappa shape index (κ2) is 29.6. The zero-order chi connectivity index (χ0) is 36.7. The van der Waals surface area contributed by atoms with E-state index >= 15 is 0 Å². The number of unbranched alkanes of at least 4 members (excludes halogenated alkanes) is 6. The topological polar surface area (TPSA) is 124 Å². The summed E-state index contributed by atoms with van der Waals surface area (Å²) in [6.45, 7) is 9.21. The molecule has 0 bridgehead atoms. The van der Waals surface area contributed by atoms with Gasteiger partial charge in [0.25, 0.3) is 0 Å². The molecule has 0 saturated heterocycles. The molecule has 2 aromatic rings. The number of rotatable bonds is 22. The lowest BCUT2D eigenvalue weighted by molar-refractivity contribution is -0.137. The van der Waals surface area contributed by atoms with Crippen LogP contribution in [0.5, 0.6) is 17.2 Å². The Hall–Kier alpha value is -4.28. The highest BCUT2D eigenvalue weighted by molar-refractivity contribution is 5.91. The number of hydrogen-bond donors (Lipinski definition) is 0. The lowest BCUT2D eigenvalue weighted by Gasteiger charge is -2.25. The molecule has 1 fully saturated rings. The molecule has 0 amide bonds. The van der Waals surface area contributed by atoms with Gasteiger partial charge in [-0.25, -0.2) is 9.59 Å². The summed E-state index contributed by atoms with van der Waals surface area (Å²) in [5.74, 6) is 1.45. The number of esters is 2. The molecule has 0 aliphatic heterocycles. The molecule has 1 saturated carbocycles. The van der Waals surface area contributed by atoms with Crippen molar-refractivity contribution >= 4 is 24.5 Å². The first kappa shape index (κ1) is 43.7. The van der Waals surface area contributed by atoms with E-state index in [0.717, 1.165) is 102 Å². The van der Waals surface area contributed by atoms with Gasteiger partial charge < -0.3 is 33.2 Å². The van der Waals surface area contributed by atoms with Crippen molar-refractivity contribution < 1.29 is 47.6 Å². The second-order valence-electron chi connectivity index (χ2n) is 11.5. The van der Waals surface area contributed by atoms with Gasteiger partial charge in [-0.3, -0.25) is 4.79 Å². The highest BCUT2D eigenvalue weighted by Gasteiger charge is 2.20. The molecule has 10 heteroatoms. The molecular weight excluding hydrogens is 640 g/mol. The molecule has 3 rings (SSSR count). The molecule has 276 valence electrons. The van der Waals surface area contributed by atoms with Crippen molar-refractivity contribution in [3.05, 3.63) is 79.4 Å². The Labute approximate surface area is 298 Å². The molecule has 0 atom stereocenters. The van der Waals surface area contributed by atoms with E-state index in [1.807, 2.05) is 0 Å². The first-order valence-electron chi connectivity index (χ1n) is 17.4. The molecule has 0 radical (unpaired) electrons. The molecule has 1 aliphatic rings. The first-order chi connectivity index (χ1) is 24.4. The Kier molecular flexibility index (Phi) is 25.9. The average molecular weight is 697 g/mol. The number of carbonyl (C=O) groups is 4. The maximum Gasteiger partial charge on any atom is 0.343 e. The normalized spacial score (nSPS) is 14.7. The zero-order valence-corrected chi connectivity index (χ0v) is 29.9. The number of carbonyl (C=O) groups excluding carboxylic acids is 4. The average Bonchev–Trinajstić information content (AvgIpc) is 3.16. The summed E-state index contributed by atoms with van der Waals surface area (Å²) in [6.07, 6.45) is 16.9. The lowest BCUT2D eigenvalue weighted by Crippen LogP contribution is -2.22. The molecule has 0 aromatic heterocycles. The Morgan fingerprint density at radius 3 is 1.78 bits per heavy atom. The van der Waals surface area contributed by atoms with Crippen molar-refractivity contribution in [2.24, 2.45) is 5.92 Å². The standard InChI is InChI=1S/C21H26O5.C16H26O4.C3H4O/c1-23-15-5-3-4-6-16-25-19-9-7-17(8-10-19)21(22)26-20-13-11-18(24-2)12-14-20;1-2-16(18)20-12-6-4-3-5-11-19-15-9-7-14(13-17)8-10-15;1-2-3-4/h7-14H,3-6,15-16H2,1-2H3;2,13-15H,1,3-12H2;2-3H,1H2. The summed E-state index contributed by atoms with van der Waals surface area (Å²) in [7, 11) is 3.31. The fraction of sp³-hybridized carbons (Fsp3) is 0.500. The highest BCUT2D eigenvalue weighted by Crippen LogP contribution is 2.25. The summed E-state index contributed by atoms with van der Waals surface area (Å²) >= 11 is 0. The van der Waals surface area contributed by atoms with Crippen LogP contribution in [0.25, 0.3) is 0 Å². The van der Waals surface area contributed by atoms with E-state index in [-0.39, 0.29) is 11.9 Å². The number of aldehydes is 2. The van der Waals surface area contributed by atoms with Gasteiger partial charge in [-0.2, -0.15) is 0 Å². The molecule has 0 N–H and O–H groups in total. The SMILES string of the molecule is C=CC(=O)OCCCCCCOC1CCC(C=O)CC1.C=CC=O.COCCCCCCOc1ccc(C(=O)Oc2ccc(OC)cc2)cc1. The Morgan fingerprint density at radius 2 is 1.24 bits per heavy atom. The van der Waals surface area contributed by atoms with E-state index in [2.05, 4.69) is 13.2 Å². The summed E-state index contributed by atoms with van der Waals surface area (Å²) in [6, 6.07) is 13.9. The number of ether oxygens (including phenoxy) is 6. The number of benzene rings is 2. The van der Waals surface area contributed by atoms with E-state index < -0.39 is 5.97 Å². The number of methoxy groups -OCH3 is 2. The minimum absolute atomic E-state index is 0.258. The molecule has 0 spiro atoms. The van der Waals surface area contributed by atoms with Crippen LogP contribution in [0.3, 0.4) is 0 Å². The first-order valence-corrected chi connectivity index (χ1v) is 17.4. The van der Waals surface area contributed by atoms with Crippen LogP contribution < -0.4 is 14.2 Å². The van der Waals surface area contributed by atoms with Gasteiger partial charge in [0.05, 0.1) is 32.0 Å². The van der Waals surface area contributed by atoms with Gasteiger partial charge in [0.1, 0.15) is 29.8 Å². The minimum atomic E-state index is -0.403. The van der Waals surface area contributed by atoms with E-state index in [1.54, 1.807) is 62.8 Å². The molecule has 0 unspecified atom stereocenters. The Bertz CT molecular complexity index is 1200. The largest absolute Gasteiger partial charge is 0.497 e. The van der Waals surface area contributed by atoms with E-state index in [9.17, 15) is 14.4 Å². The van der Waals surface area contributed by atoms with Crippen molar-refractivity contribution in [2.75, 3.05) is 40.6 Å². The van der Waals surface area contributed by atoms with Gasteiger partial charge in [-0.1, -0.05) is 26.0 Å². The third kappa shape index (κ3) is 21.6. The number of hydrogen-bond acceptors (Lipinski definition) is 10. The molecule has 1 aliphatic carbocycles. The molecule has 2 aromatic carbocycles. The van der Waals surface area contributed by atoms with Crippen LogP contribution in [0.4, 0.5) is 0 Å². The van der Waals surface area contributed by atoms with Crippen molar-refractivity contribution in [2.45, 2.75) is 83.2 Å². The van der Waals surface area contributed by atoms with Crippen LogP contribution in [0.1, 0.15) is 87.4 Å². The number of allylic oxidation sites excluding steroid dienone is 1. The van der Waals surface area contributed by atoms with Crippen molar-refractivity contribution in [3.8, 4) is 17.2 Å². The van der Waals surface area contributed by atoms with Gasteiger partial charge in [-0.05, 0) is 119 Å². The lowest BCUT2D eigenvalue weighted by atomic mass is 9.88. The predicted molar refractivity (Wildman–Crippen MR) is 194 cm³/mol. The summed E-state index contributed by atoms with van der Waals surface area (Å²) < 4.78 is 31.9. The predicted octanol–water partition coefficient (Wildman–Crippen LogP) is 7.92. The van der Waals surface area contributed by atoms with E-state index in [0.29, 0.717) is 42.7 Å². The van der Waals surface area contributed by atoms with Crippen LogP contribution >= 0.6 is 0 Å². The van der Waals surface area contributed by atoms with Gasteiger partial charge in [0.15, 0.2) is 0 Å². The van der Waals surface area contributed by atoms with E-state index in [4.69, 9.17) is 33.2 Å². The molecule has 50 heavy (non-hydrogen) atoms. The molecule has 10 nitrogen and oxygen atoms in total. The van der Waals surface area contributed by atoms with Gasteiger partial charge in [0, 0.05) is 32.3 Å². The Morgan fingerprint density at radius 1 is 0.700 bits per heavy atom. The molecule has 0 heterocycles. The fourth-order valence-corrected chi connectivity index (χ4v) is 4.82. The quantitative estimate of drug-likeness (QED) is 0.0394. The van der Waals surface area contributed by atoms with Gasteiger partial charge in [0.2, 0.25) is 0 Å².